The van der Waals surface area contributed by atoms with Gasteiger partial charge in [-0.15, -0.1) is 0 Å². The first-order chi connectivity index (χ1) is 6.54. The van der Waals surface area contributed by atoms with Gasteiger partial charge >= 0.3 is 5.97 Å². The average molecular weight is 190 g/mol. The van der Waals surface area contributed by atoms with Crippen molar-refractivity contribution in [3.8, 4) is 0 Å². The quantitative estimate of drug-likeness (QED) is 0.778. The maximum absolute atomic E-state index is 11.0. The van der Waals surface area contributed by atoms with E-state index in [0.717, 1.165) is 12.0 Å². The van der Waals surface area contributed by atoms with Gasteiger partial charge in [0.2, 0.25) is 0 Å². The molecule has 0 radical (unpaired) electrons. The molecule has 1 fully saturated rings. The van der Waals surface area contributed by atoms with Crippen LogP contribution in [0.1, 0.15) is 30.4 Å². The van der Waals surface area contributed by atoms with Crippen molar-refractivity contribution >= 4 is 5.97 Å². The minimum atomic E-state index is -0.677. The highest BCUT2D eigenvalue weighted by Crippen LogP contribution is 2.59. The van der Waals surface area contributed by atoms with Crippen molar-refractivity contribution in [2.45, 2.75) is 26.2 Å². The molecule has 1 aliphatic carbocycles. The highest BCUT2D eigenvalue weighted by Gasteiger charge is 2.56. The van der Waals surface area contributed by atoms with Crippen LogP contribution in [0.25, 0.3) is 0 Å². The Labute approximate surface area is 83.6 Å². The van der Waals surface area contributed by atoms with Gasteiger partial charge in [0.25, 0.3) is 0 Å². The van der Waals surface area contributed by atoms with Crippen molar-refractivity contribution in [3.05, 3.63) is 35.4 Å². The number of hydrogen-bond acceptors (Lipinski definition) is 1. The summed E-state index contributed by atoms with van der Waals surface area (Å²) in [7, 11) is 0. The molecule has 2 rings (SSSR count). The number of hydrogen-bond donors (Lipinski definition) is 1. The summed E-state index contributed by atoms with van der Waals surface area (Å²) in [5.74, 6) is -0.469. The number of benzene rings is 1. The van der Waals surface area contributed by atoms with Crippen LogP contribution in [0.2, 0.25) is 0 Å². The predicted molar refractivity (Wildman–Crippen MR) is 54.3 cm³/mol. The zero-order valence-corrected chi connectivity index (χ0v) is 8.45. The highest BCUT2D eigenvalue weighted by atomic mass is 16.4. The summed E-state index contributed by atoms with van der Waals surface area (Å²) in [5.41, 5.74) is 1.84. The molecule has 74 valence electrons. The van der Waals surface area contributed by atoms with Crippen LogP contribution in [0.3, 0.4) is 0 Å². The second kappa shape index (κ2) is 2.84. The molecular weight excluding hydrogens is 176 g/mol. The van der Waals surface area contributed by atoms with Crippen molar-refractivity contribution in [2.24, 2.45) is 5.41 Å². The Balaban J connectivity index is 2.25. The molecule has 1 saturated carbocycles. The smallest absolute Gasteiger partial charge is 0.309 e. The third-order valence-corrected chi connectivity index (χ3v) is 3.17. The third kappa shape index (κ3) is 1.31. The second-order valence-electron chi connectivity index (χ2n) is 4.39. The van der Waals surface area contributed by atoms with E-state index in [1.54, 1.807) is 0 Å². The third-order valence-electron chi connectivity index (χ3n) is 3.17. The first-order valence-electron chi connectivity index (χ1n) is 4.84. The van der Waals surface area contributed by atoms with E-state index in [2.05, 4.69) is 6.07 Å². The lowest BCUT2D eigenvalue weighted by atomic mass is 10.00. The Morgan fingerprint density at radius 2 is 2.29 bits per heavy atom. The van der Waals surface area contributed by atoms with Crippen LogP contribution < -0.4 is 0 Å². The zero-order chi connectivity index (χ0) is 10.3. The second-order valence-corrected chi connectivity index (χ2v) is 4.39. The summed E-state index contributed by atoms with van der Waals surface area (Å²) >= 11 is 0. The summed E-state index contributed by atoms with van der Waals surface area (Å²) in [6, 6.07) is 8.12. The van der Waals surface area contributed by atoms with Gasteiger partial charge in [0, 0.05) is 5.92 Å². The molecule has 2 atom stereocenters. The maximum atomic E-state index is 11.0. The van der Waals surface area contributed by atoms with Crippen molar-refractivity contribution in [1.82, 2.24) is 0 Å². The standard InChI is InChI=1S/C12H14O2/c1-8-4-3-5-9(6-8)10-7-12(10,2)11(13)14/h3-6,10H,7H2,1-2H3,(H,13,14). The van der Waals surface area contributed by atoms with Gasteiger partial charge in [0.05, 0.1) is 5.41 Å². The van der Waals surface area contributed by atoms with Crippen LogP contribution >= 0.6 is 0 Å². The van der Waals surface area contributed by atoms with Gasteiger partial charge in [-0.2, -0.15) is 0 Å². The molecule has 0 aliphatic heterocycles. The molecule has 14 heavy (non-hydrogen) atoms. The number of carboxylic acid groups (broad SMARTS) is 1. The van der Waals surface area contributed by atoms with Gasteiger partial charge in [0.15, 0.2) is 0 Å². The fourth-order valence-electron chi connectivity index (χ4n) is 1.97. The monoisotopic (exact) mass is 190 g/mol. The fraction of sp³-hybridized carbons (Fsp3) is 0.417. The van der Waals surface area contributed by atoms with E-state index in [1.165, 1.54) is 5.56 Å². The molecule has 1 aliphatic rings. The van der Waals surface area contributed by atoms with E-state index in [0.29, 0.717) is 0 Å². The van der Waals surface area contributed by atoms with Crippen LogP contribution in [0.5, 0.6) is 0 Å². The van der Waals surface area contributed by atoms with E-state index < -0.39 is 11.4 Å². The van der Waals surface area contributed by atoms with Crippen molar-refractivity contribution in [3.63, 3.8) is 0 Å². The molecule has 2 unspecified atom stereocenters. The van der Waals surface area contributed by atoms with Gasteiger partial charge in [-0.1, -0.05) is 29.8 Å². The van der Waals surface area contributed by atoms with Gasteiger partial charge in [-0.05, 0) is 25.8 Å². The first-order valence-corrected chi connectivity index (χ1v) is 4.84. The average Bonchev–Trinajstić information content (AvgIpc) is 2.80. The van der Waals surface area contributed by atoms with Crippen LogP contribution in [0.15, 0.2) is 24.3 Å². The number of aliphatic carboxylic acids is 1. The van der Waals surface area contributed by atoms with Crippen molar-refractivity contribution in [2.75, 3.05) is 0 Å². The normalized spacial score (nSPS) is 30.0. The van der Waals surface area contributed by atoms with Crippen LogP contribution in [-0.4, -0.2) is 11.1 Å². The molecule has 2 heteroatoms. The topological polar surface area (TPSA) is 37.3 Å². The number of rotatable bonds is 2. The molecular formula is C12H14O2. The molecule has 1 N–H and O–H groups in total. The highest BCUT2D eigenvalue weighted by molar-refractivity contribution is 5.80. The largest absolute Gasteiger partial charge is 0.481 e. The lowest BCUT2D eigenvalue weighted by Gasteiger charge is -2.05. The lowest BCUT2D eigenvalue weighted by molar-refractivity contribution is -0.142. The molecule has 2 nitrogen and oxygen atoms in total. The summed E-state index contributed by atoms with van der Waals surface area (Å²) < 4.78 is 0. The Kier molecular flexibility index (Phi) is 1.88. The van der Waals surface area contributed by atoms with Crippen LogP contribution in [-0.2, 0) is 4.79 Å². The van der Waals surface area contributed by atoms with Crippen LogP contribution in [0.4, 0.5) is 0 Å². The Morgan fingerprint density at radius 1 is 1.57 bits per heavy atom. The summed E-state index contributed by atoms with van der Waals surface area (Å²) in [6.07, 6.45) is 0.770. The van der Waals surface area contributed by atoms with Gasteiger partial charge < -0.3 is 5.11 Å². The molecule has 0 amide bonds. The molecule has 1 aromatic rings. The van der Waals surface area contributed by atoms with E-state index in [-0.39, 0.29) is 5.92 Å². The number of carboxylic acids is 1. The van der Waals surface area contributed by atoms with Crippen molar-refractivity contribution in [1.29, 1.82) is 0 Å². The molecule has 0 saturated heterocycles. The maximum Gasteiger partial charge on any atom is 0.309 e. The molecule has 0 spiro atoms. The zero-order valence-electron chi connectivity index (χ0n) is 8.45. The van der Waals surface area contributed by atoms with Gasteiger partial charge in [-0.25, -0.2) is 0 Å². The minimum Gasteiger partial charge on any atom is -0.481 e. The number of carbonyl (C=O) groups is 1. The van der Waals surface area contributed by atoms with E-state index >= 15 is 0 Å². The Hall–Kier alpha value is -1.31. The van der Waals surface area contributed by atoms with Crippen LogP contribution in [0, 0.1) is 12.3 Å². The molecule has 0 heterocycles. The summed E-state index contributed by atoms with van der Waals surface area (Å²) in [6.45, 7) is 3.85. The summed E-state index contributed by atoms with van der Waals surface area (Å²) in [5, 5.41) is 9.01. The van der Waals surface area contributed by atoms with Gasteiger partial charge in [-0.3, -0.25) is 4.79 Å². The van der Waals surface area contributed by atoms with Crippen molar-refractivity contribution < 1.29 is 9.90 Å². The fourth-order valence-corrected chi connectivity index (χ4v) is 1.97. The molecule has 0 bridgehead atoms. The minimum absolute atomic E-state index is 0.208. The van der Waals surface area contributed by atoms with E-state index in [9.17, 15) is 4.79 Å². The Bertz CT molecular complexity index is 384. The first kappa shape index (κ1) is 9.25. The molecule has 0 aromatic heterocycles. The molecule has 1 aromatic carbocycles. The summed E-state index contributed by atoms with van der Waals surface area (Å²) in [4.78, 5) is 11.0. The SMILES string of the molecule is Cc1cccc(C2CC2(C)C(=O)O)c1. The van der Waals surface area contributed by atoms with Gasteiger partial charge in [0.1, 0.15) is 0 Å². The Morgan fingerprint density at radius 3 is 2.79 bits per heavy atom. The predicted octanol–water partition coefficient (Wildman–Crippen LogP) is 2.57. The van der Waals surface area contributed by atoms with E-state index in [4.69, 9.17) is 5.11 Å². The lowest BCUT2D eigenvalue weighted by Crippen LogP contribution is -2.12. The van der Waals surface area contributed by atoms with E-state index in [1.807, 2.05) is 32.0 Å². The number of aryl methyl sites for hydroxylation is 1.